The average molecular weight is 299 g/mol. The van der Waals surface area contributed by atoms with Crippen LogP contribution in [0.25, 0.3) is 0 Å². The summed E-state index contributed by atoms with van der Waals surface area (Å²) < 4.78 is 43.8. The first kappa shape index (κ1) is 14.9. The third-order valence-electron chi connectivity index (χ3n) is 4.59. The SMILES string of the molecule is FC(F)(F)c1ccc2c(c1)CCC(N1CCOCC1)CC2. The van der Waals surface area contributed by atoms with Crippen LogP contribution in [0.3, 0.4) is 0 Å². The third kappa shape index (κ3) is 3.40. The Morgan fingerprint density at radius 2 is 1.67 bits per heavy atom. The summed E-state index contributed by atoms with van der Waals surface area (Å²) in [6.45, 7) is 3.41. The standard InChI is InChI=1S/C16H20F3NO/c17-16(18,19)14-4-1-12-2-5-15(6-3-13(12)11-14)20-7-9-21-10-8-20/h1,4,11,15H,2-3,5-10H2. The normalized spacial score (nSPS) is 24.4. The van der Waals surface area contributed by atoms with E-state index in [1.807, 2.05) is 0 Å². The Morgan fingerprint density at radius 1 is 1.00 bits per heavy atom. The average Bonchev–Trinajstić information content (AvgIpc) is 2.69. The van der Waals surface area contributed by atoms with Gasteiger partial charge in [0.2, 0.25) is 0 Å². The highest BCUT2D eigenvalue weighted by Crippen LogP contribution is 2.33. The highest BCUT2D eigenvalue weighted by atomic mass is 19.4. The van der Waals surface area contributed by atoms with Crippen LogP contribution in [0.15, 0.2) is 18.2 Å². The molecule has 2 aliphatic rings. The summed E-state index contributed by atoms with van der Waals surface area (Å²) >= 11 is 0. The van der Waals surface area contributed by atoms with Crippen LogP contribution in [0.2, 0.25) is 0 Å². The molecule has 116 valence electrons. The number of fused-ring (bicyclic) bond motifs is 1. The van der Waals surface area contributed by atoms with E-state index in [9.17, 15) is 13.2 Å². The molecule has 21 heavy (non-hydrogen) atoms. The Bertz CT molecular complexity index is 495. The van der Waals surface area contributed by atoms with E-state index < -0.39 is 11.7 Å². The number of ether oxygens (including phenoxy) is 1. The number of rotatable bonds is 1. The molecule has 0 saturated carbocycles. The molecule has 1 atom stereocenters. The predicted molar refractivity (Wildman–Crippen MR) is 74.3 cm³/mol. The first-order valence-electron chi connectivity index (χ1n) is 7.55. The van der Waals surface area contributed by atoms with Gasteiger partial charge in [-0.15, -0.1) is 0 Å². The van der Waals surface area contributed by atoms with Crippen LogP contribution in [0, 0.1) is 0 Å². The van der Waals surface area contributed by atoms with Crippen LogP contribution in [0.4, 0.5) is 13.2 Å². The van der Waals surface area contributed by atoms with Gasteiger partial charge in [0.15, 0.2) is 0 Å². The zero-order chi connectivity index (χ0) is 14.9. The number of hydrogen-bond donors (Lipinski definition) is 0. The van der Waals surface area contributed by atoms with Crippen LogP contribution in [0.5, 0.6) is 0 Å². The summed E-state index contributed by atoms with van der Waals surface area (Å²) in [6, 6.07) is 4.70. The van der Waals surface area contributed by atoms with Gasteiger partial charge in [-0.25, -0.2) is 0 Å². The van der Waals surface area contributed by atoms with Crippen LogP contribution in [-0.2, 0) is 23.8 Å². The van der Waals surface area contributed by atoms with Crippen molar-refractivity contribution in [3.8, 4) is 0 Å². The van der Waals surface area contributed by atoms with Crippen LogP contribution >= 0.6 is 0 Å². The minimum Gasteiger partial charge on any atom is -0.379 e. The number of hydrogen-bond acceptors (Lipinski definition) is 2. The molecule has 3 rings (SSSR count). The molecule has 1 aromatic rings. The van der Waals surface area contributed by atoms with Crippen molar-refractivity contribution in [2.45, 2.75) is 37.9 Å². The van der Waals surface area contributed by atoms with E-state index in [4.69, 9.17) is 4.74 Å². The van der Waals surface area contributed by atoms with E-state index in [1.54, 1.807) is 6.07 Å². The Morgan fingerprint density at radius 3 is 2.33 bits per heavy atom. The molecule has 1 aromatic carbocycles. The highest BCUT2D eigenvalue weighted by molar-refractivity contribution is 5.34. The summed E-state index contributed by atoms with van der Waals surface area (Å²) in [4.78, 5) is 2.43. The molecule has 0 spiro atoms. The summed E-state index contributed by atoms with van der Waals surface area (Å²) in [5, 5.41) is 0. The highest BCUT2D eigenvalue weighted by Gasteiger charge is 2.31. The molecule has 0 aromatic heterocycles. The van der Waals surface area contributed by atoms with Crippen molar-refractivity contribution >= 4 is 0 Å². The van der Waals surface area contributed by atoms with Gasteiger partial charge in [-0.05, 0) is 48.9 Å². The second kappa shape index (κ2) is 5.97. The molecule has 1 saturated heterocycles. The lowest BCUT2D eigenvalue weighted by atomic mass is 10.00. The molecule has 1 fully saturated rings. The molecule has 1 heterocycles. The van der Waals surface area contributed by atoms with Crippen molar-refractivity contribution in [1.82, 2.24) is 4.90 Å². The van der Waals surface area contributed by atoms with Crippen molar-refractivity contribution in [2.24, 2.45) is 0 Å². The smallest absolute Gasteiger partial charge is 0.379 e. The fourth-order valence-electron chi connectivity index (χ4n) is 3.38. The van der Waals surface area contributed by atoms with Crippen LogP contribution < -0.4 is 0 Å². The lowest BCUT2D eigenvalue weighted by Gasteiger charge is -2.33. The van der Waals surface area contributed by atoms with Crippen molar-refractivity contribution in [3.63, 3.8) is 0 Å². The summed E-state index contributed by atoms with van der Waals surface area (Å²) in [7, 11) is 0. The number of halogens is 3. The van der Waals surface area contributed by atoms with Crippen molar-refractivity contribution in [3.05, 3.63) is 34.9 Å². The number of morpholine rings is 1. The van der Waals surface area contributed by atoms with Crippen molar-refractivity contribution in [1.29, 1.82) is 0 Å². The Labute approximate surface area is 122 Å². The maximum atomic E-state index is 12.8. The van der Waals surface area contributed by atoms with Gasteiger partial charge in [0.1, 0.15) is 0 Å². The van der Waals surface area contributed by atoms with Crippen molar-refractivity contribution < 1.29 is 17.9 Å². The second-order valence-corrected chi connectivity index (χ2v) is 5.86. The number of alkyl halides is 3. The molecule has 0 amide bonds. The quantitative estimate of drug-likeness (QED) is 0.738. The zero-order valence-electron chi connectivity index (χ0n) is 12.0. The fraction of sp³-hybridized carbons (Fsp3) is 0.625. The van der Waals surface area contributed by atoms with Crippen LogP contribution in [-0.4, -0.2) is 37.2 Å². The molecule has 5 heteroatoms. The maximum absolute atomic E-state index is 12.8. The topological polar surface area (TPSA) is 12.5 Å². The van der Waals surface area contributed by atoms with Gasteiger partial charge >= 0.3 is 6.18 Å². The van der Waals surface area contributed by atoms with Gasteiger partial charge in [0, 0.05) is 19.1 Å². The number of nitrogens with zero attached hydrogens (tertiary/aromatic N) is 1. The summed E-state index contributed by atoms with van der Waals surface area (Å²) in [6.07, 6.45) is -0.672. The first-order valence-corrected chi connectivity index (χ1v) is 7.55. The molecule has 1 aliphatic heterocycles. The molecule has 0 bridgehead atoms. The first-order chi connectivity index (χ1) is 10.0. The van der Waals surface area contributed by atoms with E-state index in [-0.39, 0.29) is 0 Å². The minimum absolute atomic E-state index is 0.468. The molecule has 1 unspecified atom stereocenters. The lowest BCUT2D eigenvalue weighted by Crippen LogP contribution is -2.43. The summed E-state index contributed by atoms with van der Waals surface area (Å²) in [5.74, 6) is 0. The van der Waals surface area contributed by atoms with Gasteiger partial charge in [0.25, 0.3) is 0 Å². The van der Waals surface area contributed by atoms with Gasteiger partial charge in [-0.1, -0.05) is 6.07 Å². The van der Waals surface area contributed by atoms with Gasteiger partial charge < -0.3 is 4.74 Å². The largest absolute Gasteiger partial charge is 0.416 e. The molecule has 0 N–H and O–H groups in total. The van der Waals surface area contributed by atoms with E-state index in [0.717, 1.165) is 63.1 Å². The van der Waals surface area contributed by atoms with E-state index >= 15 is 0 Å². The predicted octanol–water partition coefficient (Wildman–Crippen LogP) is 3.29. The van der Waals surface area contributed by atoms with Gasteiger partial charge in [-0.2, -0.15) is 13.2 Å². The van der Waals surface area contributed by atoms with E-state index in [2.05, 4.69) is 4.90 Å². The van der Waals surface area contributed by atoms with Gasteiger partial charge in [-0.3, -0.25) is 4.90 Å². The zero-order valence-corrected chi connectivity index (χ0v) is 12.0. The Balaban J connectivity index is 1.73. The van der Waals surface area contributed by atoms with Crippen LogP contribution in [0.1, 0.15) is 29.5 Å². The molecule has 0 radical (unpaired) electrons. The number of benzene rings is 1. The van der Waals surface area contributed by atoms with Crippen molar-refractivity contribution in [2.75, 3.05) is 26.3 Å². The second-order valence-electron chi connectivity index (χ2n) is 5.86. The molecule has 2 nitrogen and oxygen atoms in total. The van der Waals surface area contributed by atoms with E-state index in [1.165, 1.54) is 12.1 Å². The maximum Gasteiger partial charge on any atom is 0.416 e. The van der Waals surface area contributed by atoms with E-state index in [0.29, 0.717) is 6.04 Å². The summed E-state index contributed by atoms with van der Waals surface area (Å²) in [5.41, 5.74) is 1.44. The third-order valence-corrected chi connectivity index (χ3v) is 4.59. The molecular formula is C16H20F3NO. The minimum atomic E-state index is -4.25. The Hall–Kier alpha value is -1.07. The molecule has 1 aliphatic carbocycles. The number of aryl methyl sites for hydroxylation is 2. The fourth-order valence-corrected chi connectivity index (χ4v) is 3.38. The monoisotopic (exact) mass is 299 g/mol. The Kier molecular flexibility index (Phi) is 4.22. The lowest BCUT2D eigenvalue weighted by molar-refractivity contribution is -0.137. The molecular weight excluding hydrogens is 279 g/mol. The van der Waals surface area contributed by atoms with Gasteiger partial charge in [0.05, 0.1) is 18.8 Å².